The number of alkyl halides is 2. The highest BCUT2D eigenvalue weighted by molar-refractivity contribution is 5.96. The van der Waals surface area contributed by atoms with E-state index in [1.807, 2.05) is 13.8 Å². The maximum atomic E-state index is 12.3. The number of halogens is 2. The summed E-state index contributed by atoms with van der Waals surface area (Å²) in [6.07, 6.45) is 0.752. The van der Waals surface area contributed by atoms with E-state index in [9.17, 15) is 13.6 Å². The Morgan fingerprint density at radius 1 is 1.40 bits per heavy atom. The Morgan fingerprint density at radius 3 is 2.65 bits per heavy atom. The van der Waals surface area contributed by atoms with E-state index in [2.05, 4.69) is 10.1 Å². The second-order valence-electron chi connectivity index (χ2n) is 5.26. The topological polar surface area (TPSA) is 64.3 Å². The van der Waals surface area contributed by atoms with Crippen LogP contribution in [0.2, 0.25) is 0 Å². The van der Waals surface area contributed by atoms with Gasteiger partial charge in [0.1, 0.15) is 5.75 Å². The van der Waals surface area contributed by atoms with E-state index < -0.39 is 12.5 Å². The zero-order valence-electron chi connectivity index (χ0n) is 11.7. The van der Waals surface area contributed by atoms with Crippen molar-refractivity contribution in [1.29, 1.82) is 0 Å². The van der Waals surface area contributed by atoms with Crippen LogP contribution in [0.4, 0.5) is 8.78 Å². The van der Waals surface area contributed by atoms with Crippen molar-refractivity contribution in [2.45, 2.75) is 26.9 Å². The quantitative estimate of drug-likeness (QED) is 0.809. The number of nitrogens with two attached hydrogens (primary N) is 1. The molecule has 0 radical (unpaired) electrons. The average molecular weight is 286 g/mol. The van der Waals surface area contributed by atoms with Crippen molar-refractivity contribution in [3.8, 4) is 5.75 Å². The van der Waals surface area contributed by atoms with Crippen LogP contribution in [-0.2, 0) is 0 Å². The van der Waals surface area contributed by atoms with Gasteiger partial charge in [-0.15, -0.1) is 0 Å². The van der Waals surface area contributed by atoms with E-state index in [1.54, 1.807) is 6.07 Å². The molecule has 0 saturated carbocycles. The molecule has 0 saturated heterocycles. The molecule has 1 aromatic carbocycles. The van der Waals surface area contributed by atoms with E-state index in [0.29, 0.717) is 13.1 Å². The van der Waals surface area contributed by atoms with Crippen LogP contribution in [0, 0.1) is 5.41 Å². The lowest BCUT2D eigenvalue weighted by molar-refractivity contribution is -0.0501. The van der Waals surface area contributed by atoms with E-state index in [0.717, 1.165) is 6.42 Å². The molecule has 1 aromatic rings. The highest BCUT2D eigenvalue weighted by Crippen LogP contribution is 2.21. The van der Waals surface area contributed by atoms with Crippen LogP contribution in [0.5, 0.6) is 5.75 Å². The fourth-order valence-corrected chi connectivity index (χ4v) is 1.75. The van der Waals surface area contributed by atoms with Gasteiger partial charge in [-0.3, -0.25) is 4.79 Å². The van der Waals surface area contributed by atoms with E-state index in [4.69, 9.17) is 5.73 Å². The van der Waals surface area contributed by atoms with Gasteiger partial charge < -0.3 is 15.8 Å². The molecular weight excluding hydrogens is 266 g/mol. The number of benzene rings is 1. The van der Waals surface area contributed by atoms with Gasteiger partial charge in [0.05, 0.1) is 5.56 Å². The predicted octanol–water partition coefficient (Wildman–Crippen LogP) is 2.39. The van der Waals surface area contributed by atoms with Crippen molar-refractivity contribution >= 4 is 5.91 Å². The molecule has 0 unspecified atom stereocenters. The van der Waals surface area contributed by atoms with Crippen molar-refractivity contribution < 1.29 is 18.3 Å². The smallest absolute Gasteiger partial charge is 0.387 e. The van der Waals surface area contributed by atoms with Crippen molar-refractivity contribution in [3.05, 3.63) is 29.8 Å². The molecule has 0 heterocycles. The predicted molar refractivity (Wildman–Crippen MR) is 72.9 cm³/mol. The first kappa shape index (κ1) is 16.4. The summed E-state index contributed by atoms with van der Waals surface area (Å²) in [4.78, 5) is 12.0. The first-order valence-corrected chi connectivity index (χ1v) is 6.38. The van der Waals surface area contributed by atoms with Gasteiger partial charge in [0.2, 0.25) is 0 Å². The summed E-state index contributed by atoms with van der Waals surface area (Å²) in [5.41, 5.74) is 5.44. The number of rotatable bonds is 7. The second kappa shape index (κ2) is 7.19. The Labute approximate surface area is 117 Å². The Balaban J connectivity index is 2.73. The monoisotopic (exact) mass is 286 g/mol. The molecule has 0 atom stereocenters. The SMILES string of the molecule is CC(C)(CCN)CNC(=O)c1ccccc1OC(F)F. The lowest BCUT2D eigenvalue weighted by atomic mass is 9.89. The molecule has 0 aromatic heterocycles. The minimum Gasteiger partial charge on any atom is -0.434 e. The minimum absolute atomic E-state index is 0.0938. The van der Waals surface area contributed by atoms with E-state index in [-0.39, 0.29) is 16.7 Å². The summed E-state index contributed by atoms with van der Waals surface area (Å²) in [5, 5.41) is 2.72. The van der Waals surface area contributed by atoms with Gasteiger partial charge in [0.15, 0.2) is 0 Å². The van der Waals surface area contributed by atoms with Crippen LogP contribution < -0.4 is 15.8 Å². The third kappa shape index (κ3) is 5.13. The molecule has 0 spiro atoms. The summed E-state index contributed by atoms with van der Waals surface area (Å²) in [5.74, 6) is -0.567. The van der Waals surface area contributed by atoms with Crippen molar-refractivity contribution in [2.24, 2.45) is 11.1 Å². The Morgan fingerprint density at radius 2 is 2.05 bits per heavy atom. The summed E-state index contributed by atoms with van der Waals surface area (Å²) in [6, 6.07) is 5.92. The number of carbonyl (C=O) groups excluding carboxylic acids is 1. The molecule has 0 fully saturated rings. The summed E-state index contributed by atoms with van der Waals surface area (Å²) < 4.78 is 28.9. The van der Waals surface area contributed by atoms with Gasteiger partial charge in [-0.25, -0.2) is 0 Å². The number of hydrogen-bond donors (Lipinski definition) is 2. The molecule has 6 heteroatoms. The third-order valence-electron chi connectivity index (χ3n) is 2.90. The number of para-hydroxylation sites is 1. The van der Waals surface area contributed by atoms with E-state index >= 15 is 0 Å². The van der Waals surface area contributed by atoms with Gasteiger partial charge in [0.25, 0.3) is 5.91 Å². The van der Waals surface area contributed by atoms with Crippen LogP contribution in [-0.4, -0.2) is 25.6 Å². The number of ether oxygens (including phenoxy) is 1. The maximum Gasteiger partial charge on any atom is 0.387 e. The zero-order valence-corrected chi connectivity index (χ0v) is 11.7. The van der Waals surface area contributed by atoms with Crippen LogP contribution in [0.15, 0.2) is 24.3 Å². The third-order valence-corrected chi connectivity index (χ3v) is 2.90. The normalized spacial score (nSPS) is 11.5. The fraction of sp³-hybridized carbons (Fsp3) is 0.500. The van der Waals surface area contributed by atoms with Crippen LogP contribution >= 0.6 is 0 Å². The van der Waals surface area contributed by atoms with Gasteiger partial charge in [-0.1, -0.05) is 26.0 Å². The van der Waals surface area contributed by atoms with Crippen LogP contribution in [0.1, 0.15) is 30.6 Å². The molecule has 3 N–H and O–H groups in total. The molecule has 112 valence electrons. The molecule has 1 rings (SSSR count). The first-order valence-electron chi connectivity index (χ1n) is 6.38. The standard InChI is InChI=1S/C14H20F2N2O2/c1-14(2,7-8-17)9-18-12(19)10-5-3-4-6-11(10)20-13(15)16/h3-6,13H,7-9,17H2,1-2H3,(H,18,19). The molecule has 20 heavy (non-hydrogen) atoms. The molecule has 0 aliphatic heterocycles. The number of carbonyl (C=O) groups is 1. The number of nitrogens with one attached hydrogen (secondary N) is 1. The molecule has 4 nitrogen and oxygen atoms in total. The minimum atomic E-state index is -2.96. The van der Waals surface area contributed by atoms with Crippen LogP contribution in [0.25, 0.3) is 0 Å². The Bertz CT molecular complexity index is 451. The largest absolute Gasteiger partial charge is 0.434 e. The lowest BCUT2D eigenvalue weighted by Crippen LogP contribution is -2.35. The summed E-state index contributed by atoms with van der Waals surface area (Å²) >= 11 is 0. The fourth-order valence-electron chi connectivity index (χ4n) is 1.75. The average Bonchev–Trinajstić information content (AvgIpc) is 2.36. The second-order valence-corrected chi connectivity index (χ2v) is 5.26. The molecule has 0 bridgehead atoms. The number of amides is 1. The van der Waals surface area contributed by atoms with Crippen LogP contribution in [0.3, 0.4) is 0 Å². The summed E-state index contributed by atoms with van der Waals surface area (Å²) in [7, 11) is 0. The zero-order chi connectivity index (χ0) is 15.2. The van der Waals surface area contributed by atoms with Crippen molar-refractivity contribution in [1.82, 2.24) is 5.32 Å². The van der Waals surface area contributed by atoms with Gasteiger partial charge in [-0.05, 0) is 30.5 Å². The molecule has 1 amide bonds. The van der Waals surface area contributed by atoms with Crippen molar-refractivity contribution in [3.63, 3.8) is 0 Å². The van der Waals surface area contributed by atoms with Gasteiger partial charge >= 0.3 is 6.61 Å². The molecule has 0 aliphatic carbocycles. The summed E-state index contributed by atoms with van der Waals surface area (Å²) in [6.45, 7) is 1.92. The highest BCUT2D eigenvalue weighted by Gasteiger charge is 2.20. The first-order chi connectivity index (χ1) is 9.35. The van der Waals surface area contributed by atoms with E-state index in [1.165, 1.54) is 18.2 Å². The highest BCUT2D eigenvalue weighted by atomic mass is 19.3. The maximum absolute atomic E-state index is 12.3. The number of hydrogen-bond acceptors (Lipinski definition) is 3. The lowest BCUT2D eigenvalue weighted by Gasteiger charge is -2.24. The van der Waals surface area contributed by atoms with Gasteiger partial charge in [-0.2, -0.15) is 8.78 Å². The Kier molecular flexibility index (Phi) is 5.88. The molecule has 0 aliphatic rings. The molecular formula is C14H20F2N2O2. The van der Waals surface area contributed by atoms with Crippen molar-refractivity contribution in [2.75, 3.05) is 13.1 Å². The van der Waals surface area contributed by atoms with Gasteiger partial charge in [0, 0.05) is 6.54 Å². The Hall–Kier alpha value is -1.69.